The minimum atomic E-state index is -1.10. The third kappa shape index (κ3) is 6.29. The molecule has 45 heavy (non-hydrogen) atoms. The van der Waals surface area contributed by atoms with Crippen LogP contribution in [-0.4, -0.2) is 79.1 Å². The molecule has 0 bridgehead atoms. The van der Waals surface area contributed by atoms with E-state index in [0.29, 0.717) is 58.5 Å². The number of ether oxygens (including phenoxy) is 6. The van der Waals surface area contributed by atoms with Crippen molar-refractivity contribution in [3.63, 3.8) is 0 Å². The molecule has 0 unspecified atom stereocenters. The fourth-order valence-electron chi connectivity index (χ4n) is 5.66. The Labute approximate surface area is 259 Å². The lowest BCUT2D eigenvalue weighted by molar-refractivity contribution is -0.142. The number of fused-ring (bicyclic) bond motifs is 2. The van der Waals surface area contributed by atoms with Crippen LogP contribution in [0.5, 0.6) is 28.7 Å². The second kappa shape index (κ2) is 13.3. The lowest BCUT2D eigenvalue weighted by atomic mass is 10.0. The highest BCUT2D eigenvalue weighted by molar-refractivity contribution is 5.89. The molecule has 6 rings (SSSR count). The average Bonchev–Trinajstić information content (AvgIpc) is 3.84. The normalized spacial score (nSPS) is 15.9. The standard InChI is InChI=1S/C32H35N5O8/c1-40-27-14-21(15-28(41-2)31(27)42-3)30(32(39)33-16-22-7-6-12-43-22)36(17-20-10-11-25-26(13-20)45-19-44-25)29(38)18-37-24-9-5-4-8-23(24)34-35-37/h4-5,8-11,13-15,22,30H,6-7,12,16-19H2,1-3H3,(H,33,39)/t22-,30-/m0/s1. The summed E-state index contributed by atoms with van der Waals surface area (Å²) in [5.41, 5.74) is 2.55. The second-order valence-electron chi connectivity index (χ2n) is 10.7. The first-order chi connectivity index (χ1) is 22.0. The molecule has 13 nitrogen and oxygen atoms in total. The van der Waals surface area contributed by atoms with Crippen molar-refractivity contribution in [3.8, 4) is 28.7 Å². The molecule has 1 fully saturated rings. The van der Waals surface area contributed by atoms with Gasteiger partial charge < -0.3 is 38.6 Å². The maximum absolute atomic E-state index is 14.4. The molecule has 2 aliphatic rings. The number of carbonyl (C=O) groups is 2. The third-order valence-electron chi connectivity index (χ3n) is 7.91. The highest BCUT2D eigenvalue weighted by Gasteiger charge is 2.35. The molecular weight excluding hydrogens is 582 g/mol. The van der Waals surface area contributed by atoms with E-state index in [2.05, 4.69) is 15.6 Å². The van der Waals surface area contributed by atoms with Gasteiger partial charge in [0.25, 0.3) is 0 Å². The van der Waals surface area contributed by atoms with Gasteiger partial charge in [-0.25, -0.2) is 4.68 Å². The first kappa shape index (κ1) is 30.0. The molecule has 13 heteroatoms. The van der Waals surface area contributed by atoms with Crippen molar-refractivity contribution < 1.29 is 38.0 Å². The molecule has 2 aliphatic heterocycles. The summed E-state index contributed by atoms with van der Waals surface area (Å²) in [6.07, 6.45) is 1.67. The van der Waals surface area contributed by atoms with Crippen LogP contribution in [0.2, 0.25) is 0 Å². The Hall–Kier alpha value is -5.04. The largest absolute Gasteiger partial charge is 0.493 e. The van der Waals surface area contributed by atoms with Gasteiger partial charge in [-0.05, 0) is 60.4 Å². The number of benzene rings is 3. The molecule has 2 atom stereocenters. The van der Waals surface area contributed by atoms with E-state index in [1.807, 2.05) is 36.4 Å². The molecule has 0 spiro atoms. The van der Waals surface area contributed by atoms with E-state index in [9.17, 15) is 9.59 Å². The lowest BCUT2D eigenvalue weighted by Gasteiger charge is -2.32. The van der Waals surface area contributed by atoms with E-state index >= 15 is 0 Å². The monoisotopic (exact) mass is 617 g/mol. The number of hydrogen-bond donors (Lipinski definition) is 1. The molecule has 3 aromatic carbocycles. The van der Waals surface area contributed by atoms with Gasteiger partial charge in [0, 0.05) is 19.7 Å². The summed E-state index contributed by atoms with van der Waals surface area (Å²) in [5, 5.41) is 11.5. The molecule has 3 heterocycles. The summed E-state index contributed by atoms with van der Waals surface area (Å²) in [4.78, 5) is 30.1. The zero-order valence-electron chi connectivity index (χ0n) is 25.4. The number of nitrogens with one attached hydrogen (secondary N) is 1. The highest BCUT2D eigenvalue weighted by atomic mass is 16.7. The quantitative estimate of drug-likeness (QED) is 0.252. The van der Waals surface area contributed by atoms with E-state index in [4.69, 9.17) is 28.4 Å². The third-order valence-corrected chi connectivity index (χ3v) is 7.91. The van der Waals surface area contributed by atoms with Gasteiger partial charge in [-0.2, -0.15) is 0 Å². The molecule has 0 saturated carbocycles. The van der Waals surface area contributed by atoms with Crippen molar-refractivity contribution in [1.29, 1.82) is 0 Å². The number of carbonyl (C=O) groups excluding carboxylic acids is 2. The molecule has 236 valence electrons. The van der Waals surface area contributed by atoms with E-state index in [-0.39, 0.29) is 31.9 Å². The fourth-order valence-corrected chi connectivity index (χ4v) is 5.66. The first-order valence-corrected chi connectivity index (χ1v) is 14.6. The number of amides is 2. The van der Waals surface area contributed by atoms with E-state index in [0.717, 1.165) is 18.4 Å². The number of methoxy groups -OCH3 is 3. The van der Waals surface area contributed by atoms with Gasteiger partial charge in [-0.1, -0.05) is 23.4 Å². The summed E-state index contributed by atoms with van der Waals surface area (Å²) >= 11 is 0. The lowest BCUT2D eigenvalue weighted by Crippen LogP contribution is -2.46. The number of aromatic nitrogens is 3. The summed E-state index contributed by atoms with van der Waals surface area (Å²) in [5.74, 6) is 1.48. The first-order valence-electron chi connectivity index (χ1n) is 14.6. The van der Waals surface area contributed by atoms with Crippen LogP contribution in [0.25, 0.3) is 11.0 Å². The molecular formula is C32H35N5O8. The van der Waals surface area contributed by atoms with E-state index < -0.39 is 11.9 Å². The van der Waals surface area contributed by atoms with Crippen LogP contribution < -0.4 is 29.0 Å². The molecule has 1 aromatic heterocycles. The van der Waals surface area contributed by atoms with Crippen molar-refractivity contribution in [3.05, 3.63) is 65.7 Å². The predicted molar refractivity (Wildman–Crippen MR) is 161 cm³/mol. The van der Waals surface area contributed by atoms with Crippen molar-refractivity contribution in [2.24, 2.45) is 0 Å². The van der Waals surface area contributed by atoms with Crippen LogP contribution in [0, 0.1) is 0 Å². The van der Waals surface area contributed by atoms with Gasteiger partial charge in [-0.15, -0.1) is 5.10 Å². The minimum Gasteiger partial charge on any atom is -0.493 e. The van der Waals surface area contributed by atoms with Gasteiger partial charge in [0.1, 0.15) is 18.1 Å². The zero-order chi connectivity index (χ0) is 31.3. The number of rotatable bonds is 12. The van der Waals surface area contributed by atoms with Crippen molar-refractivity contribution in [2.45, 2.75) is 38.1 Å². The van der Waals surface area contributed by atoms with Crippen LogP contribution in [0.1, 0.15) is 30.0 Å². The Morgan fingerprint density at radius 3 is 2.53 bits per heavy atom. The molecule has 1 N–H and O–H groups in total. The smallest absolute Gasteiger partial charge is 0.247 e. The van der Waals surface area contributed by atoms with E-state index in [1.165, 1.54) is 30.9 Å². The van der Waals surface area contributed by atoms with Gasteiger partial charge in [0.05, 0.1) is 33.0 Å². The summed E-state index contributed by atoms with van der Waals surface area (Å²) in [6.45, 7) is 0.971. The maximum atomic E-state index is 14.4. The number of para-hydroxylation sites is 1. The Balaban J connectivity index is 1.43. The average molecular weight is 618 g/mol. The number of nitrogens with zero attached hydrogens (tertiary/aromatic N) is 4. The van der Waals surface area contributed by atoms with Crippen LogP contribution in [0.15, 0.2) is 54.6 Å². The van der Waals surface area contributed by atoms with Crippen molar-refractivity contribution in [1.82, 2.24) is 25.2 Å². The minimum absolute atomic E-state index is 0.0662. The summed E-state index contributed by atoms with van der Waals surface area (Å²) in [7, 11) is 4.50. The Morgan fingerprint density at radius 1 is 1.02 bits per heavy atom. The predicted octanol–water partition coefficient (Wildman–Crippen LogP) is 3.25. The van der Waals surface area contributed by atoms with Gasteiger partial charge in [-0.3, -0.25) is 9.59 Å². The van der Waals surface area contributed by atoms with Gasteiger partial charge in [0.2, 0.25) is 24.4 Å². The summed E-state index contributed by atoms with van der Waals surface area (Å²) < 4.78 is 35.1. The Kier molecular flexibility index (Phi) is 8.87. The van der Waals surface area contributed by atoms with Crippen LogP contribution in [0.4, 0.5) is 0 Å². The van der Waals surface area contributed by atoms with Gasteiger partial charge >= 0.3 is 0 Å². The molecule has 1 saturated heterocycles. The van der Waals surface area contributed by atoms with Crippen molar-refractivity contribution >= 4 is 22.8 Å². The van der Waals surface area contributed by atoms with E-state index in [1.54, 1.807) is 18.2 Å². The summed E-state index contributed by atoms with van der Waals surface area (Å²) in [6, 6.07) is 15.1. The molecule has 0 radical (unpaired) electrons. The fraction of sp³-hybridized carbons (Fsp3) is 0.375. The van der Waals surface area contributed by atoms with Gasteiger partial charge in [0.15, 0.2) is 23.0 Å². The highest BCUT2D eigenvalue weighted by Crippen LogP contribution is 2.41. The SMILES string of the molecule is COc1cc([C@@H](C(=O)NC[C@@H]2CCCO2)N(Cc2ccc3c(c2)OCO3)C(=O)Cn2nnc3ccccc32)cc(OC)c1OC. The molecule has 0 aliphatic carbocycles. The maximum Gasteiger partial charge on any atom is 0.247 e. The second-order valence-corrected chi connectivity index (χ2v) is 10.7. The molecule has 4 aromatic rings. The number of hydrogen-bond acceptors (Lipinski definition) is 10. The van der Waals surface area contributed by atoms with Crippen molar-refractivity contribution in [2.75, 3.05) is 41.3 Å². The van der Waals surface area contributed by atoms with Crippen LogP contribution in [-0.2, 0) is 27.4 Å². The zero-order valence-corrected chi connectivity index (χ0v) is 25.4. The van der Waals surface area contributed by atoms with Crippen LogP contribution in [0.3, 0.4) is 0 Å². The molecule has 2 amide bonds. The Bertz CT molecular complexity index is 1660. The Morgan fingerprint density at radius 2 is 1.80 bits per heavy atom. The van der Waals surface area contributed by atoms with Crippen LogP contribution >= 0.6 is 0 Å². The topological polar surface area (TPSA) is 136 Å².